The third-order valence-electron chi connectivity index (χ3n) is 2.77. The molecule has 18 heavy (non-hydrogen) atoms. The van der Waals surface area contributed by atoms with Crippen molar-refractivity contribution in [2.45, 2.75) is 24.8 Å². The lowest BCUT2D eigenvalue weighted by molar-refractivity contribution is 0.566. The van der Waals surface area contributed by atoms with E-state index in [1.54, 1.807) is 0 Å². The van der Waals surface area contributed by atoms with Crippen LogP contribution in [0.3, 0.4) is 0 Å². The third kappa shape index (κ3) is 2.60. The van der Waals surface area contributed by atoms with E-state index in [1.807, 2.05) is 38.1 Å². The second-order valence-electron chi connectivity index (χ2n) is 4.13. The van der Waals surface area contributed by atoms with Gasteiger partial charge in [0.05, 0.1) is 6.20 Å². The highest BCUT2D eigenvalue weighted by Gasteiger charge is 2.19. The van der Waals surface area contributed by atoms with Gasteiger partial charge in [-0.05, 0) is 25.0 Å². The lowest BCUT2D eigenvalue weighted by Crippen LogP contribution is -2.27. The molecule has 6 heteroatoms. The summed E-state index contributed by atoms with van der Waals surface area (Å²) in [5, 5.41) is 6.13. The van der Waals surface area contributed by atoms with Gasteiger partial charge < -0.3 is 0 Å². The Morgan fingerprint density at radius 3 is 2.67 bits per heavy atom. The van der Waals surface area contributed by atoms with Crippen molar-refractivity contribution in [3.05, 3.63) is 47.8 Å². The van der Waals surface area contributed by atoms with Gasteiger partial charge in [-0.15, -0.1) is 0 Å². The minimum Gasteiger partial charge on any atom is -0.284 e. The Hall–Kier alpha value is -1.66. The van der Waals surface area contributed by atoms with Crippen LogP contribution in [-0.2, 0) is 10.0 Å². The molecule has 5 nitrogen and oxygen atoms in total. The topological polar surface area (TPSA) is 74.8 Å². The summed E-state index contributed by atoms with van der Waals surface area (Å²) in [4.78, 5) is 0.142. The van der Waals surface area contributed by atoms with Crippen LogP contribution in [0.15, 0.2) is 41.6 Å². The molecule has 1 atom stereocenters. The van der Waals surface area contributed by atoms with E-state index in [9.17, 15) is 8.42 Å². The summed E-state index contributed by atoms with van der Waals surface area (Å²) in [5.74, 6) is 0. The molecular formula is C12H15N3O2S. The zero-order valence-corrected chi connectivity index (χ0v) is 11.0. The number of hydrogen-bond donors (Lipinski definition) is 2. The highest BCUT2D eigenvalue weighted by Crippen LogP contribution is 2.19. The Morgan fingerprint density at radius 1 is 1.33 bits per heavy atom. The molecule has 0 aliphatic rings. The van der Waals surface area contributed by atoms with E-state index in [0.29, 0.717) is 0 Å². The van der Waals surface area contributed by atoms with Crippen molar-refractivity contribution in [2.24, 2.45) is 0 Å². The number of sulfonamides is 1. The number of hydrogen-bond acceptors (Lipinski definition) is 3. The van der Waals surface area contributed by atoms with E-state index in [-0.39, 0.29) is 10.9 Å². The second kappa shape index (κ2) is 4.91. The molecule has 2 aromatic rings. The van der Waals surface area contributed by atoms with E-state index in [2.05, 4.69) is 14.9 Å². The molecule has 2 N–H and O–H groups in total. The monoisotopic (exact) mass is 265 g/mol. The van der Waals surface area contributed by atoms with E-state index in [0.717, 1.165) is 11.1 Å². The summed E-state index contributed by atoms with van der Waals surface area (Å²) in [6, 6.07) is 7.41. The highest BCUT2D eigenvalue weighted by atomic mass is 32.2. The summed E-state index contributed by atoms with van der Waals surface area (Å²) < 4.78 is 26.7. The van der Waals surface area contributed by atoms with Gasteiger partial charge in [0.2, 0.25) is 10.0 Å². The van der Waals surface area contributed by atoms with Gasteiger partial charge >= 0.3 is 0 Å². The average molecular weight is 265 g/mol. The van der Waals surface area contributed by atoms with E-state index >= 15 is 0 Å². The average Bonchev–Trinajstić information content (AvgIpc) is 2.82. The molecule has 1 unspecified atom stereocenters. The van der Waals surface area contributed by atoms with Crippen LogP contribution in [-0.4, -0.2) is 18.6 Å². The maximum Gasteiger partial charge on any atom is 0.244 e. The number of nitrogens with one attached hydrogen (secondary N) is 2. The molecule has 0 radical (unpaired) electrons. The Labute approximate surface area is 106 Å². The van der Waals surface area contributed by atoms with Crippen molar-refractivity contribution in [1.82, 2.24) is 14.9 Å². The molecule has 0 saturated carbocycles. The molecular weight excluding hydrogens is 250 g/mol. The number of H-pyrrole nitrogens is 1. The first-order chi connectivity index (χ1) is 8.50. The van der Waals surface area contributed by atoms with Crippen molar-refractivity contribution >= 4 is 10.0 Å². The maximum absolute atomic E-state index is 12.0. The number of rotatable bonds is 4. The van der Waals surface area contributed by atoms with Crippen molar-refractivity contribution in [2.75, 3.05) is 0 Å². The van der Waals surface area contributed by atoms with Gasteiger partial charge in [0.15, 0.2) is 0 Å². The molecule has 1 aromatic heterocycles. The SMILES string of the molecule is Cc1ccccc1C(C)NS(=O)(=O)c1cn[nH]c1. The first-order valence-electron chi connectivity index (χ1n) is 5.57. The van der Waals surface area contributed by atoms with Gasteiger partial charge in [0.25, 0.3) is 0 Å². The zero-order chi connectivity index (χ0) is 13.2. The Balaban J connectivity index is 2.23. The summed E-state index contributed by atoms with van der Waals surface area (Å²) in [6.45, 7) is 3.78. The minimum atomic E-state index is -3.52. The highest BCUT2D eigenvalue weighted by molar-refractivity contribution is 7.89. The number of aromatic amines is 1. The first-order valence-corrected chi connectivity index (χ1v) is 7.05. The molecule has 0 bridgehead atoms. The number of aryl methyl sites for hydroxylation is 1. The van der Waals surface area contributed by atoms with Crippen LogP contribution in [0.2, 0.25) is 0 Å². The van der Waals surface area contributed by atoms with Crippen molar-refractivity contribution in [1.29, 1.82) is 0 Å². The molecule has 0 saturated heterocycles. The van der Waals surface area contributed by atoms with Crippen molar-refractivity contribution in [3.63, 3.8) is 0 Å². The molecule has 0 spiro atoms. The predicted octanol–water partition coefficient (Wildman–Crippen LogP) is 1.76. The fourth-order valence-electron chi connectivity index (χ4n) is 1.82. The van der Waals surface area contributed by atoms with Crippen LogP contribution in [0.4, 0.5) is 0 Å². The Bertz CT molecular complexity index is 621. The largest absolute Gasteiger partial charge is 0.284 e. The fourth-order valence-corrected chi connectivity index (χ4v) is 2.95. The first kappa shape index (κ1) is 12.8. The van der Waals surface area contributed by atoms with E-state index < -0.39 is 10.0 Å². The summed E-state index contributed by atoms with van der Waals surface area (Å²) in [5.41, 5.74) is 2.02. The number of aromatic nitrogens is 2. The van der Waals surface area contributed by atoms with Crippen LogP contribution >= 0.6 is 0 Å². The molecule has 2 rings (SSSR count). The van der Waals surface area contributed by atoms with Crippen molar-refractivity contribution in [3.8, 4) is 0 Å². The molecule has 1 heterocycles. The third-order valence-corrected chi connectivity index (χ3v) is 4.28. The maximum atomic E-state index is 12.0. The van der Waals surface area contributed by atoms with Crippen LogP contribution < -0.4 is 4.72 Å². The van der Waals surface area contributed by atoms with Gasteiger partial charge in [-0.1, -0.05) is 24.3 Å². The molecule has 0 fully saturated rings. The summed E-state index contributed by atoms with van der Waals surface area (Å²) in [7, 11) is -3.52. The van der Waals surface area contributed by atoms with Gasteiger partial charge in [0.1, 0.15) is 4.90 Å². The van der Waals surface area contributed by atoms with Crippen molar-refractivity contribution < 1.29 is 8.42 Å². The van der Waals surface area contributed by atoms with Gasteiger partial charge in [-0.25, -0.2) is 13.1 Å². The summed E-state index contributed by atoms with van der Waals surface area (Å²) >= 11 is 0. The summed E-state index contributed by atoms with van der Waals surface area (Å²) in [6.07, 6.45) is 2.64. The van der Waals surface area contributed by atoms with Gasteiger partial charge in [-0.2, -0.15) is 5.10 Å². The quantitative estimate of drug-likeness (QED) is 0.884. The normalized spacial score (nSPS) is 13.4. The van der Waals surface area contributed by atoms with Gasteiger partial charge in [0, 0.05) is 12.2 Å². The second-order valence-corrected chi connectivity index (χ2v) is 5.85. The van der Waals surface area contributed by atoms with E-state index in [1.165, 1.54) is 12.4 Å². The lowest BCUT2D eigenvalue weighted by atomic mass is 10.0. The standard InChI is InChI=1S/C12H15N3O2S/c1-9-5-3-4-6-12(9)10(2)15-18(16,17)11-7-13-14-8-11/h3-8,10,15H,1-2H3,(H,13,14). The molecule has 0 amide bonds. The molecule has 0 aliphatic carbocycles. The predicted molar refractivity (Wildman–Crippen MR) is 68.5 cm³/mol. The van der Waals surface area contributed by atoms with E-state index in [4.69, 9.17) is 0 Å². The Morgan fingerprint density at radius 2 is 2.06 bits per heavy atom. The molecule has 1 aromatic carbocycles. The van der Waals surface area contributed by atoms with Crippen LogP contribution in [0.25, 0.3) is 0 Å². The molecule has 0 aliphatic heterocycles. The van der Waals surface area contributed by atoms with Gasteiger partial charge in [-0.3, -0.25) is 5.10 Å². The lowest BCUT2D eigenvalue weighted by Gasteiger charge is -2.15. The van der Waals surface area contributed by atoms with Crippen LogP contribution in [0.5, 0.6) is 0 Å². The number of benzene rings is 1. The van der Waals surface area contributed by atoms with Crippen LogP contribution in [0, 0.1) is 6.92 Å². The minimum absolute atomic E-state index is 0.142. The Kier molecular flexibility index (Phi) is 3.49. The molecule has 96 valence electrons. The number of nitrogens with zero attached hydrogens (tertiary/aromatic N) is 1. The fraction of sp³-hybridized carbons (Fsp3) is 0.250. The zero-order valence-electron chi connectivity index (χ0n) is 10.2. The smallest absolute Gasteiger partial charge is 0.244 e. The van der Waals surface area contributed by atoms with Crippen LogP contribution in [0.1, 0.15) is 24.1 Å².